The predicted molar refractivity (Wildman–Crippen MR) is 185 cm³/mol. The van der Waals surface area contributed by atoms with E-state index in [1.807, 2.05) is 108 Å². The Hall–Kier alpha value is -6.96. The quantitative estimate of drug-likeness (QED) is 0.192. The smallest absolute Gasteiger partial charge is 0.164 e. The average molecular weight is 619 g/mol. The zero-order valence-corrected chi connectivity index (χ0v) is 25.3. The fourth-order valence-corrected chi connectivity index (χ4v) is 6.14. The molecule has 0 amide bonds. The van der Waals surface area contributed by atoms with E-state index in [0.717, 1.165) is 38.6 Å². The third kappa shape index (κ3) is 4.93. The first-order valence-corrected chi connectivity index (χ1v) is 15.3. The van der Waals surface area contributed by atoms with Crippen molar-refractivity contribution in [1.29, 1.82) is 10.5 Å². The largest absolute Gasteiger partial charge is 0.309 e. The summed E-state index contributed by atoms with van der Waals surface area (Å²) in [6, 6.07) is 47.4. The van der Waals surface area contributed by atoms with E-state index in [-0.39, 0.29) is 5.82 Å². The van der Waals surface area contributed by atoms with Crippen molar-refractivity contribution in [2.45, 2.75) is 0 Å². The van der Waals surface area contributed by atoms with Crippen molar-refractivity contribution in [3.63, 3.8) is 0 Å². The number of rotatable bonds is 5. The van der Waals surface area contributed by atoms with Crippen molar-refractivity contribution in [1.82, 2.24) is 19.5 Å². The van der Waals surface area contributed by atoms with Gasteiger partial charge in [-0.2, -0.15) is 10.5 Å². The van der Waals surface area contributed by atoms with Crippen LogP contribution in [0, 0.1) is 28.5 Å². The van der Waals surface area contributed by atoms with Crippen LogP contribution in [0.5, 0.6) is 0 Å². The second kappa shape index (κ2) is 11.8. The minimum Gasteiger partial charge on any atom is -0.309 e. The maximum Gasteiger partial charge on any atom is 0.164 e. The molecule has 7 heteroatoms. The van der Waals surface area contributed by atoms with Crippen LogP contribution in [0.1, 0.15) is 11.1 Å². The number of halogens is 1. The van der Waals surface area contributed by atoms with Gasteiger partial charge in [0.1, 0.15) is 5.82 Å². The van der Waals surface area contributed by atoms with Crippen molar-refractivity contribution in [3.8, 4) is 63.1 Å². The molecule has 0 bridgehead atoms. The minimum atomic E-state index is -0.374. The molecule has 0 aliphatic rings. The van der Waals surface area contributed by atoms with E-state index in [1.165, 1.54) is 6.07 Å². The van der Waals surface area contributed by atoms with Crippen LogP contribution in [0.2, 0.25) is 0 Å². The molecule has 0 aliphatic heterocycles. The molecule has 224 valence electrons. The van der Waals surface area contributed by atoms with E-state index in [1.54, 1.807) is 30.3 Å². The van der Waals surface area contributed by atoms with Crippen molar-refractivity contribution in [3.05, 3.63) is 156 Å². The van der Waals surface area contributed by atoms with E-state index in [0.29, 0.717) is 45.3 Å². The second-order valence-corrected chi connectivity index (χ2v) is 11.3. The highest BCUT2D eigenvalue weighted by atomic mass is 19.1. The van der Waals surface area contributed by atoms with Crippen LogP contribution in [-0.4, -0.2) is 19.5 Å². The second-order valence-electron chi connectivity index (χ2n) is 11.3. The summed E-state index contributed by atoms with van der Waals surface area (Å²) < 4.78 is 17.5. The zero-order chi connectivity index (χ0) is 32.6. The summed E-state index contributed by atoms with van der Waals surface area (Å²) in [6.07, 6.45) is 0. The predicted octanol–water partition coefficient (Wildman–Crippen LogP) is 9.52. The highest BCUT2D eigenvalue weighted by Crippen LogP contribution is 2.38. The Morgan fingerprint density at radius 2 is 1.00 bits per heavy atom. The summed E-state index contributed by atoms with van der Waals surface area (Å²) in [7, 11) is 0. The van der Waals surface area contributed by atoms with Gasteiger partial charge in [0, 0.05) is 38.7 Å². The van der Waals surface area contributed by atoms with Crippen LogP contribution in [0.15, 0.2) is 140 Å². The summed E-state index contributed by atoms with van der Waals surface area (Å²) in [6.45, 7) is 0. The maximum absolute atomic E-state index is 15.5. The lowest BCUT2D eigenvalue weighted by atomic mass is 9.97. The van der Waals surface area contributed by atoms with Gasteiger partial charge in [0.2, 0.25) is 0 Å². The van der Waals surface area contributed by atoms with Crippen molar-refractivity contribution in [2.24, 2.45) is 0 Å². The van der Waals surface area contributed by atoms with Gasteiger partial charge in [0.15, 0.2) is 17.5 Å². The molecule has 2 aromatic heterocycles. The molecular formula is C41H23FN6. The third-order valence-electron chi connectivity index (χ3n) is 8.39. The monoisotopic (exact) mass is 618 g/mol. The first kappa shape index (κ1) is 28.5. The van der Waals surface area contributed by atoms with Gasteiger partial charge in [-0.25, -0.2) is 19.3 Å². The van der Waals surface area contributed by atoms with E-state index in [4.69, 9.17) is 15.0 Å². The third-order valence-corrected chi connectivity index (χ3v) is 8.39. The van der Waals surface area contributed by atoms with E-state index in [2.05, 4.69) is 12.1 Å². The van der Waals surface area contributed by atoms with Gasteiger partial charge in [-0.05, 0) is 48.0 Å². The number of hydrogen-bond acceptors (Lipinski definition) is 5. The van der Waals surface area contributed by atoms with E-state index < -0.39 is 0 Å². The first-order chi connectivity index (χ1) is 23.6. The molecular weight excluding hydrogens is 595 g/mol. The van der Waals surface area contributed by atoms with Crippen LogP contribution in [0.25, 0.3) is 72.8 Å². The molecule has 0 fully saturated rings. The number of nitriles is 2. The van der Waals surface area contributed by atoms with Gasteiger partial charge >= 0.3 is 0 Å². The lowest BCUT2D eigenvalue weighted by molar-refractivity contribution is 0.631. The average Bonchev–Trinajstić information content (AvgIpc) is 3.48. The van der Waals surface area contributed by atoms with Gasteiger partial charge in [0.25, 0.3) is 0 Å². The van der Waals surface area contributed by atoms with Gasteiger partial charge in [-0.1, -0.05) is 97.1 Å². The number of hydrogen-bond donors (Lipinski definition) is 0. The summed E-state index contributed by atoms with van der Waals surface area (Å²) in [5.41, 5.74) is 6.59. The summed E-state index contributed by atoms with van der Waals surface area (Å²) >= 11 is 0. The summed E-state index contributed by atoms with van der Waals surface area (Å²) in [5, 5.41) is 21.4. The molecule has 8 aromatic rings. The maximum atomic E-state index is 15.5. The Labute approximate surface area is 275 Å². The molecule has 0 spiro atoms. The molecule has 0 N–H and O–H groups in total. The summed E-state index contributed by atoms with van der Waals surface area (Å²) in [5.74, 6) is 0.970. The van der Waals surface area contributed by atoms with Crippen LogP contribution in [-0.2, 0) is 0 Å². The van der Waals surface area contributed by atoms with Crippen molar-refractivity contribution >= 4 is 21.8 Å². The number of nitrogens with zero attached hydrogens (tertiary/aromatic N) is 6. The summed E-state index contributed by atoms with van der Waals surface area (Å²) in [4.78, 5) is 14.8. The van der Waals surface area contributed by atoms with Crippen LogP contribution < -0.4 is 0 Å². The molecule has 0 atom stereocenters. The van der Waals surface area contributed by atoms with Crippen molar-refractivity contribution < 1.29 is 4.39 Å². The normalized spacial score (nSPS) is 11.0. The number of aromatic nitrogens is 4. The topological polar surface area (TPSA) is 91.2 Å². The molecule has 0 radical (unpaired) electrons. The molecule has 6 nitrogen and oxygen atoms in total. The van der Waals surface area contributed by atoms with Crippen molar-refractivity contribution in [2.75, 3.05) is 0 Å². The molecule has 48 heavy (non-hydrogen) atoms. The van der Waals surface area contributed by atoms with Crippen LogP contribution >= 0.6 is 0 Å². The SMILES string of the molecule is N#Cc1ccc2c3ccc(C#N)cc3n(-c3ccc(-c4ccccc4F)c(-c4nc(-c5ccccc5)nc(-c5ccccc5)n4)c3)c2c1. The lowest BCUT2D eigenvalue weighted by Gasteiger charge is -2.16. The Balaban J connectivity index is 1.46. The fraction of sp³-hybridized carbons (Fsp3) is 0. The van der Waals surface area contributed by atoms with E-state index in [9.17, 15) is 10.5 Å². The Bertz CT molecular complexity index is 2470. The lowest BCUT2D eigenvalue weighted by Crippen LogP contribution is -2.03. The first-order valence-electron chi connectivity index (χ1n) is 15.3. The van der Waals surface area contributed by atoms with Gasteiger partial charge in [-0.3, -0.25) is 0 Å². The zero-order valence-electron chi connectivity index (χ0n) is 25.3. The molecule has 8 rings (SSSR count). The molecule has 0 aliphatic carbocycles. The minimum absolute atomic E-state index is 0.374. The van der Waals surface area contributed by atoms with Gasteiger partial charge < -0.3 is 4.57 Å². The number of fused-ring (bicyclic) bond motifs is 3. The van der Waals surface area contributed by atoms with Gasteiger partial charge in [0.05, 0.1) is 34.3 Å². The molecule has 6 aromatic carbocycles. The Morgan fingerprint density at radius 3 is 1.54 bits per heavy atom. The number of benzene rings is 6. The van der Waals surface area contributed by atoms with Gasteiger partial charge in [-0.15, -0.1) is 0 Å². The van der Waals surface area contributed by atoms with E-state index >= 15 is 4.39 Å². The molecule has 2 heterocycles. The Morgan fingerprint density at radius 1 is 0.479 bits per heavy atom. The highest BCUT2D eigenvalue weighted by molar-refractivity contribution is 6.10. The molecule has 0 unspecified atom stereocenters. The fourth-order valence-electron chi connectivity index (χ4n) is 6.14. The highest BCUT2D eigenvalue weighted by Gasteiger charge is 2.20. The molecule has 0 saturated heterocycles. The van der Waals surface area contributed by atoms with Crippen LogP contribution in [0.3, 0.4) is 0 Å². The van der Waals surface area contributed by atoms with Crippen LogP contribution in [0.4, 0.5) is 4.39 Å². The molecule has 0 saturated carbocycles. The standard InChI is InChI=1S/C41H23FN6/c42-36-14-8-7-13-32(36)31-20-17-30(48-37-21-26(24-43)15-18-33(37)34-19-16-27(25-44)22-38(34)48)23-35(31)41-46-39(28-9-3-1-4-10-28)45-40(47-41)29-11-5-2-6-12-29/h1-23H. The Kier molecular flexibility index (Phi) is 6.98.